The lowest BCUT2D eigenvalue weighted by Gasteiger charge is -2.38. The summed E-state index contributed by atoms with van der Waals surface area (Å²) >= 11 is 0. The highest BCUT2D eigenvalue weighted by atomic mass is 16.5. The molecule has 0 unspecified atom stereocenters. The smallest absolute Gasteiger partial charge is 0.320 e. The number of rotatable bonds is 3. The van der Waals surface area contributed by atoms with Crippen molar-refractivity contribution in [3.05, 3.63) is 17.0 Å². The number of nitrogens with one attached hydrogen (secondary N) is 1. The van der Waals surface area contributed by atoms with Crippen molar-refractivity contribution in [2.75, 3.05) is 32.8 Å². The maximum Gasteiger partial charge on any atom is 0.320 e. The minimum absolute atomic E-state index is 0.0457. The van der Waals surface area contributed by atoms with E-state index in [1.54, 1.807) is 0 Å². The van der Waals surface area contributed by atoms with Crippen molar-refractivity contribution in [1.29, 1.82) is 0 Å². The number of H-pyrrole nitrogens is 1. The SMILES string of the molecule is CCN(CC)C(=O)N1CCOC[C@H]1c1c(C)n[nH]c1C. The van der Waals surface area contributed by atoms with E-state index in [0.717, 1.165) is 30.0 Å². The van der Waals surface area contributed by atoms with Crippen LogP contribution in [0.4, 0.5) is 4.79 Å². The molecule has 0 spiro atoms. The van der Waals surface area contributed by atoms with Gasteiger partial charge in [-0.1, -0.05) is 0 Å². The monoisotopic (exact) mass is 280 g/mol. The van der Waals surface area contributed by atoms with Gasteiger partial charge in [0.05, 0.1) is 24.9 Å². The van der Waals surface area contributed by atoms with Gasteiger partial charge in [-0.25, -0.2) is 4.79 Å². The quantitative estimate of drug-likeness (QED) is 0.919. The Hall–Kier alpha value is -1.56. The van der Waals surface area contributed by atoms with E-state index in [1.165, 1.54) is 0 Å². The molecule has 1 fully saturated rings. The van der Waals surface area contributed by atoms with Crippen LogP contribution in [-0.4, -0.2) is 58.9 Å². The van der Waals surface area contributed by atoms with Crippen molar-refractivity contribution in [1.82, 2.24) is 20.0 Å². The molecule has 1 atom stereocenters. The number of aryl methyl sites for hydroxylation is 2. The van der Waals surface area contributed by atoms with Gasteiger partial charge >= 0.3 is 6.03 Å². The number of hydrogen-bond donors (Lipinski definition) is 1. The Labute approximate surface area is 120 Å². The van der Waals surface area contributed by atoms with Crippen LogP contribution >= 0.6 is 0 Å². The highest BCUT2D eigenvalue weighted by molar-refractivity contribution is 5.75. The molecule has 2 amide bonds. The first kappa shape index (κ1) is 14.8. The number of aromatic nitrogens is 2. The molecule has 112 valence electrons. The predicted octanol–water partition coefficient (Wildman–Crippen LogP) is 1.86. The number of morpholine rings is 1. The average molecular weight is 280 g/mol. The maximum atomic E-state index is 12.7. The summed E-state index contributed by atoms with van der Waals surface area (Å²) in [6, 6.07) is 0.0406. The molecule has 0 radical (unpaired) electrons. The summed E-state index contributed by atoms with van der Waals surface area (Å²) in [5.74, 6) is 0. The average Bonchev–Trinajstić information content (AvgIpc) is 2.79. The number of hydrogen-bond acceptors (Lipinski definition) is 3. The molecule has 0 bridgehead atoms. The summed E-state index contributed by atoms with van der Waals surface area (Å²) in [7, 11) is 0. The van der Waals surface area contributed by atoms with Gasteiger partial charge in [0.15, 0.2) is 0 Å². The van der Waals surface area contributed by atoms with E-state index in [1.807, 2.05) is 37.5 Å². The van der Waals surface area contributed by atoms with Gasteiger partial charge < -0.3 is 14.5 Å². The van der Waals surface area contributed by atoms with Crippen molar-refractivity contribution < 1.29 is 9.53 Å². The fourth-order valence-electron chi connectivity index (χ4n) is 2.80. The first-order chi connectivity index (χ1) is 9.60. The van der Waals surface area contributed by atoms with Gasteiger partial charge in [-0.05, 0) is 27.7 Å². The third kappa shape index (κ3) is 2.65. The topological polar surface area (TPSA) is 61.5 Å². The van der Waals surface area contributed by atoms with Crippen LogP contribution < -0.4 is 0 Å². The van der Waals surface area contributed by atoms with Gasteiger partial charge in [-0.2, -0.15) is 5.10 Å². The first-order valence-corrected chi connectivity index (χ1v) is 7.24. The van der Waals surface area contributed by atoms with Gasteiger partial charge in [-0.3, -0.25) is 5.10 Å². The van der Waals surface area contributed by atoms with Crippen LogP contribution in [0.5, 0.6) is 0 Å². The van der Waals surface area contributed by atoms with Gasteiger partial charge in [0.25, 0.3) is 0 Å². The number of carbonyl (C=O) groups excluding carboxylic acids is 1. The zero-order valence-corrected chi connectivity index (χ0v) is 12.8. The minimum atomic E-state index is -0.0457. The largest absolute Gasteiger partial charge is 0.377 e. The molecule has 0 aromatic carbocycles. The van der Waals surface area contributed by atoms with Gasteiger partial charge in [0.1, 0.15) is 0 Å². The molecule has 0 aliphatic carbocycles. The van der Waals surface area contributed by atoms with Crippen molar-refractivity contribution in [3.63, 3.8) is 0 Å². The second-order valence-corrected chi connectivity index (χ2v) is 5.09. The fraction of sp³-hybridized carbons (Fsp3) is 0.714. The van der Waals surface area contributed by atoms with Crippen LogP contribution in [0.25, 0.3) is 0 Å². The molecule has 1 N–H and O–H groups in total. The number of nitrogens with zero attached hydrogens (tertiary/aromatic N) is 3. The standard InChI is InChI=1S/C14H24N4O2/c1-5-17(6-2)14(19)18-7-8-20-9-12(18)13-10(3)15-16-11(13)4/h12H,5-9H2,1-4H3,(H,15,16)/t12-/m0/s1. The summed E-state index contributed by atoms with van der Waals surface area (Å²) in [5, 5.41) is 7.23. The summed E-state index contributed by atoms with van der Waals surface area (Å²) in [6.07, 6.45) is 0. The van der Waals surface area contributed by atoms with Crippen LogP contribution in [0, 0.1) is 13.8 Å². The molecular formula is C14H24N4O2. The number of aromatic amines is 1. The van der Waals surface area contributed by atoms with E-state index in [0.29, 0.717) is 19.8 Å². The lowest BCUT2D eigenvalue weighted by atomic mass is 10.0. The van der Waals surface area contributed by atoms with Gasteiger partial charge in [-0.15, -0.1) is 0 Å². The highest BCUT2D eigenvalue weighted by Crippen LogP contribution is 2.29. The van der Waals surface area contributed by atoms with E-state index < -0.39 is 0 Å². The van der Waals surface area contributed by atoms with Crippen LogP contribution in [0.3, 0.4) is 0 Å². The molecule has 1 aromatic rings. The van der Waals surface area contributed by atoms with Gasteiger partial charge in [0, 0.05) is 30.9 Å². The van der Waals surface area contributed by atoms with E-state index in [9.17, 15) is 4.79 Å². The van der Waals surface area contributed by atoms with E-state index in [4.69, 9.17) is 4.74 Å². The van der Waals surface area contributed by atoms with Crippen molar-refractivity contribution in [2.45, 2.75) is 33.7 Å². The normalized spacial score (nSPS) is 19.2. The van der Waals surface area contributed by atoms with Crippen LogP contribution in [0.1, 0.15) is 36.8 Å². The molecule has 2 heterocycles. The molecule has 1 saturated heterocycles. The molecule has 20 heavy (non-hydrogen) atoms. The predicted molar refractivity (Wildman–Crippen MR) is 76.6 cm³/mol. The van der Waals surface area contributed by atoms with Gasteiger partial charge in [0.2, 0.25) is 0 Å². The van der Waals surface area contributed by atoms with E-state index in [2.05, 4.69) is 10.2 Å². The summed E-state index contributed by atoms with van der Waals surface area (Å²) < 4.78 is 5.59. The molecule has 2 rings (SSSR count). The number of carbonyl (C=O) groups is 1. The Kier molecular flexibility index (Phi) is 4.65. The molecule has 1 aliphatic heterocycles. The second kappa shape index (κ2) is 6.26. The van der Waals surface area contributed by atoms with Crippen LogP contribution in [0.15, 0.2) is 0 Å². The summed E-state index contributed by atoms with van der Waals surface area (Å²) in [5.41, 5.74) is 3.04. The number of ether oxygens (including phenoxy) is 1. The summed E-state index contributed by atoms with van der Waals surface area (Å²) in [6.45, 7) is 11.2. The van der Waals surface area contributed by atoms with Crippen LogP contribution in [0.2, 0.25) is 0 Å². The lowest BCUT2D eigenvalue weighted by Crippen LogP contribution is -2.49. The molecule has 1 aromatic heterocycles. The highest BCUT2D eigenvalue weighted by Gasteiger charge is 2.33. The minimum Gasteiger partial charge on any atom is -0.377 e. The Morgan fingerprint density at radius 1 is 1.45 bits per heavy atom. The lowest BCUT2D eigenvalue weighted by molar-refractivity contribution is 0.00334. The second-order valence-electron chi connectivity index (χ2n) is 5.09. The zero-order valence-electron chi connectivity index (χ0n) is 12.8. The van der Waals surface area contributed by atoms with Crippen molar-refractivity contribution in [2.24, 2.45) is 0 Å². The maximum absolute atomic E-state index is 12.7. The molecular weight excluding hydrogens is 256 g/mol. The number of amides is 2. The molecule has 6 nitrogen and oxygen atoms in total. The van der Waals surface area contributed by atoms with E-state index in [-0.39, 0.29) is 12.1 Å². The third-order valence-corrected chi connectivity index (χ3v) is 3.93. The van der Waals surface area contributed by atoms with Crippen LogP contribution in [-0.2, 0) is 4.74 Å². The Morgan fingerprint density at radius 3 is 2.70 bits per heavy atom. The Morgan fingerprint density at radius 2 is 2.15 bits per heavy atom. The van der Waals surface area contributed by atoms with E-state index >= 15 is 0 Å². The third-order valence-electron chi connectivity index (χ3n) is 3.93. The molecule has 6 heteroatoms. The molecule has 0 saturated carbocycles. The number of urea groups is 1. The molecule has 1 aliphatic rings. The Bertz CT molecular complexity index is 448. The summed E-state index contributed by atoms with van der Waals surface area (Å²) in [4.78, 5) is 16.4. The van der Waals surface area contributed by atoms with Crippen molar-refractivity contribution >= 4 is 6.03 Å². The van der Waals surface area contributed by atoms with Crippen molar-refractivity contribution in [3.8, 4) is 0 Å². The first-order valence-electron chi connectivity index (χ1n) is 7.24. The fourth-order valence-corrected chi connectivity index (χ4v) is 2.80. The Balaban J connectivity index is 2.28. The zero-order chi connectivity index (χ0) is 14.7.